The molecule has 45 heavy (non-hydrogen) atoms. The fraction of sp³-hybridized carbons (Fsp3) is 0.308. The van der Waals surface area contributed by atoms with Gasteiger partial charge in [-0.2, -0.15) is 0 Å². The van der Waals surface area contributed by atoms with E-state index in [9.17, 15) is 0 Å². The van der Waals surface area contributed by atoms with Crippen LogP contribution in [0.3, 0.4) is 0 Å². The minimum atomic E-state index is -1.34. The van der Waals surface area contributed by atoms with Gasteiger partial charge in [0.1, 0.15) is 0 Å². The molecule has 0 bridgehead atoms. The minimum absolute atomic E-state index is 0. The smallest absolute Gasteiger partial charge is 0.216 e. The predicted molar refractivity (Wildman–Crippen MR) is 187 cm³/mol. The molecule has 4 heterocycles. The van der Waals surface area contributed by atoms with Crippen LogP contribution in [0.2, 0.25) is 19.6 Å². The summed E-state index contributed by atoms with van der Waals surface area (Å²) in [5.74, 6) is 0.534. The van der Waals surface area contributed by atoms with Crippen LogP contribution >= 0.6 is 0 Å². The van der Waals surface area contributed by atoms with E-state index in [-0.39, 0.29) is 25.5 Å². The Morgan fingerprint density at radius 1 is 0.844 bits per heavy atom. The average Bonchev–Trinajstić information content (AvgIpc) is 3.37. The molecule has 0 saturated heterocycles. The number of rotatable bonds is 5. The van der Waals surface area contributed by atoms with Crippen LogP contribution in [0.15, 0.2) is 83.7 Å². The maximum absolute atomic E-state index is 6.03. The molecule has 0 unspecified atom stereocenters. The molecule has 0 atom stereocenters. The Kier molecular flexibility index (Phi) is 10.6. The Morgan fingerprint density at radius 2 is 1.60 bits per heavy atom. The van der Waals surface area contributed by atoms with E-state index in [0.717, 1.165) is 45.3 Å². The number of aryl methyl sites for hydroxylation is 1. The summed E-state index contributed by atoms with van der Waals surface area (Å²) in [7, 11) is -1.34. The zero-order valence-electron chi connectivity index (χ0n) is 27.9. The van der Waals surface area contributed by atoms with Crippen LogP contribution in [0.4, 0.5) is 0 Å². The predicted octanol–water partition coefficient (Wildman–Crippen LogP) is 9.96. The van der Waals surface area contributed by atoms with Gasteiger partial charge in [-0.3, -0.25) is 0 Å². The molecule has 0 N–H and O–H groups in total. The second-order valence-electron chi connectivity index (χ2n) is 14.1. The summed E-state index contributed by atoms with van der Waals surface area (Å²) in [6.07, 6.45) is 6.80. The first-order chi connectivity index (χ1) is 20.8. The van der Waals surface area contributed by atoms with Gasteiger partial charge in [-0.25, -0.2) is 4.98 Å². The van der Waals surface area contributed by atoms with Crippen LogP contribution < -0.4 is 5.19 Å². The molecule has 2 aromatic carbocycles. The molecule has 0 aliphatic rings. The molecule has 235 valence electrons. The molecule has 0 saturated carbocycles. The summed E-state index contributed by atoms with van der Waals surface area (Å²) in [4.78, 5) is 13.6. The van der Waals surface area contributed by atoms with Gasteiger partial charge < -0.3 is 14.4 Å². The molecule has 6 heteroatoms. The van der Waals surface area contributed by atoms with Gasteiger partial charge in [-0.15, -0.1) is 54.1 Å². The van der Waals surface area contributed by atoms with E-state index in [1.54, 1.807) is 6.20 Å². The van der Waals surface area contributed by atoms with Crippen molar-refractivity contribution in [3.8, 4) is 22.5 Å². The van der Waals surface area contributed by atoms with Crippen molar-refractivity contribution in [3.63, 3.8) is 0 Å². The zero-order chi connectivity index (χ0) is 31.6. The van der Waals surface area contributed by atoms with Crippen molar-refractivity contribution >= 4 is 35.3 Å². The third-order valence-corrected chi connectivity index (χ3v) is 9.79. The fourth-order valence-corrected chi connectivity index (χ4v) is 7.18. The van der Waals surface area contributed by atoms with E-state index in [4.69, 9.17) is 4.42 Å². The number of benzene rings is 2. The molecule has 0 aliphatic carbocycles. The number of aromatic nitrogens is 3. The monoisotopic (exact) mass is 790 g/mol. The fourth-order valence-electron chi connectivity index (χ4n) is 5.51. The van der Waals surface area contributed by atoms with Gasteiger partial charge in [-0.1, -0.05) is 88.5 Å². The van der Waals surface area contributed by atoms with Gasteiger partial charge in [0.2, 0.25) is 5.71 Å². The molecular weight excluding hydrogens is 747 g/mol. The van der Waals surface area contributed by atoms with Gasteiger partial charge in [0.15, 0.2) is 0 Å². The standard InChI is InChI=1S/C22H21N2O.C17H22NSi.Ir/c1-14-13-24-19(11-15(14)12-22(2,3)4)18-8-5-7-16-17-9-6-10-23-21(17)25-20(16)18;1-13(2)15-11-16(14-9-7-6-8-10-14)18-12-17(15)19(3,4)5;/h5-7,9-11,13H,12H2,1-4H3;6-9,11-13H,1-5H3;/q2*-1;. The van der Waals surface area contributed by atoms with Gasteiger partial charge >= 0.3 is 0 Å². The van der Waals surface area contributed by atoms with Crippen LogP contribution in [-0.4, -0.2) is 23.0 Å². The third-order valence-electron chi connectivity index (χ3n) is 7.75. The number of nitrogens with zero attached hydrogens (tertiary/aromatic N) is 3. The van der Waals surface area contributed by atoms with Crippen molar-refractivity contribution in [3.05, 3.63) is 108 Å². The number of furan rings is 1. The first kappa shape index (κ1) is 34.4. The van der Waals surface area contributed by atoms with E-state index in [1.165, 1.54) is 21.9 Å². The molecule has 0 fully saturated rings. The van der Waals surface area contributed by atoms with Crippen LogP contribution in [0.5, 0.6) is 0 Å². The average molecular weight is 790 g/mol. The summed E-state index contributed by atoms with van der Waals surface area (Å²) < 4.78 is 6.03. The third kappa shape index (κ3) is 8.05. The minimum Gasteiger partial charge on any atom is -0.486 e. The molecule has 4 nitrogen and oxygen atoms in total. The van der Waals surface area contributed by atoms with Crippen LogP contribution in [0, 0.1) is 24.5 Å². The topological polar surface area (TPSA) is 51.8 Å². The summed E-state index contributed by atoms with van der Waals surface area (Å²) in [6, 6.07) is 27.0. The molecule has 4 aromatic heterocycles. The summed E-state index contributed by atoms with van der Waals surface area (Å²) in [6.45, 7) is 20.5. The summed E-state index contributed by atoms with van der Waals surface area (Å²) >= 11 is 0. The molecule has 0 spiro atoms. The van der Waals surface area contributed by atoms with Gasteiger partial charge in [0, 0.05) is 44.1 Å². The molecule has 0 amide bonds. The maximum Gasteiger partial charge on any atom is 0.216 e. The van der Waals surface area contributed by atoms with Crippen LogP contribution in [0.1, 0.15) is 57.2 Å². The van der Waals surface area contributed by atoms with Crippen molar-refractivity contribution in [1.29, 1.82) is 0 Å². The van der Waals surface area contributed by atoms with Gasteiger partial charge in [0.25, 0.3) is 0 Å². The van der Waals surface area contributed by atoms with Crippen molar-refractivity contribution in [2.24, 2.45) is 5.41 Å². The molecule has 6 rings (SSSR count). The Balaban J connectivity index is 0.000000208. The first-order valence-corrected chi connectivity index (χ1v) is 18.9. The van der Waals surface area contributed by atoms with E-state index < -0.39 is 8.07 Å². The maximum atomic E-state index is 6.03. The van der Waals surface area contributed by atoms with Crippen LogP contribution in [0.25, 0.3) is 44.6 Å². The largest absolute Gasteiger partial charge is 0.486 e. The van der Waals surface area contributed by atoms with E-state index in [2.05, 4.69) is 113 Å². The van der Waals surface area contributed by atoms with Crippen molar-refractivity contribution in [2.75, 3.05) is 0 Å². The van der Waals surface area contributed by atoms with Crippen LogP contribution in [-0.2, 0) is 26.5 Å². The Labute approximate surface area is 283 Å². The van der Waals surface area contributed by atoms with E-state index in [0.29, 0.717) is 11.6 Å². The van der Waals surface area contributed by atoms with E-state index in [1.807, 2.05) is 48.7 Å². The Hall–Kier alpha value is -3.44. The second kappa shape index (κ2) is 13.9. The van der Waals surface area contributed by atoms with E-state index >= 15 is 0 Å². The van der Waals surface area contributed by atoms with Crippen molar-refractivity contribution in [1.82, 2.24) is 15.0 Å². The Bertz CT molecular complexity index is 1900. The number of fused-ring (bicyclic) bond motifs is 3. The molecule has 6 aromatic rings. The summed E-state index contributed by atoms with van der Waals surface area (Å²) in [5, 5.41) is 3.55. The molecule has 1 radical (unpaired) electrons. The molecular formula is C39H43IrN3OSi-2. The quantitative estimate of drug-likeness (QED) is 0.129. The Morgan fingerprint density at radius 3 is 2.27 bits per heavy atom. The number of hydrogen-bond donors (Lipinski definition) is 0. The van der Waals surface area contributed by atoms with Gasteiger partial charge in [-0.05, 0) is 58.9 Å². The van der Waals surface area contributed by atoms with Crippen molar-refractivity contribution in [2.45, 2.75) is 73.5 Å². The zero-order valence-corrected chi connectivity index (χ0v) is 31.3. The van der Waals surface area contributed by atoms with Crippen molar-refractivity contribution < 1.29 is 24.5 Å². The normalized spacial score (nSPS) is 11.8. The number of pyridine rings is 3. The second-order valence-corrected chi connectivity index (χ2v) is 19.2. The first-order valence-electron chi connectivity index (χ1n) is 15.4. The summed E-state index contributed by atoms with van der Waals surface area (Å²) in [5.41, 5.74) is 9.56. The SMILES string of the molecule is CC(C)c1cc(-c2[c-]cccc2)ncc1[Si](C)(C)C.Cc1cnc(-c2[c-]ccc3c2oc2ncccc23)cc1CC(C)(C)C.[Ir]. The van der Waals surface area contributed by atoms with Gasteiger partial charge in [0.05, 0.1) is 13.7 Å². The molecule has 0 aliphatic heterocycles. The number of hydrogen-bond acceptors (Lipinski definition) is 4.